The van der Waals surface area contributed by atoms with Gasteiger partial charge in [0.15, 0.2) is 0 Å². The van der Waals surface area contributed by atoms with E-state index in [2.05, 4.69) is 27.8 Å². The Balaban J connectivity index is 1.60. The van der Waals surface area contributed by atoms with Gasteiger partial charge in [0.05, 0.1) is 5.56 Å². The Morgan fingerprint density at radius 1 is 1.06 bits per heavy atom. The number of ether oxygens (including phenoxy) is 2. The second kappa shape index (κ2) is 10.5. The summed E-state index contributed by atoms with van der Waals surface area (Å²) in [6, 6.07) is 15.5. The summed E-state index contributed by atoms with van der Waals surface area (Å²) in [5, 5.41) is 0. The van der Waals surface area contributed by atoms with E-state index in [1.807, 2.05) is 63.2 Å². The fraction of sp³-hybridized carbons (Fsp3) is 0.440. The molecular weight excluding hydrogens is 472 g/mol. The lowest BCUT2D eigenvalue weighted by molar-refractivity contribution is 0.00457. The number of nitrogens with zero attached hydrogens (tertiary/aromatic N) is 2. The van der Waals surface area contributed by atoms with Gasteiger partial charge < -0.3 is 14.4 Å². The molecule has 1 amide bonds. The summed E-state index contributed by atoms with van der Waals surface area (Å²) in [5.74, 6) is -0.348. The third-order valence-electron chi connectivity index (χ3n) is 5.21. The van der Waals surface area contributed by atoms with Crippen LogP contribution in [-0.2, 0) is 22.6 Å². The monoisotopic (exact) mass is 502 g/mol. The lowest BCUT2D eigenvalue weighted by Crippen LogP contribution is -2.54. The van der Waals surface area contributed by atoms with Gasteiger partial charge in [-0.05, 0) is 57.0 Å². The number of esters is 1. The van der Waals surface area contributed by atoms with Crippen molar-refractivity contribution < 1.29 is 19.1 Å². The minimum atomic E-state index is -0.501. The first-order valence-electron chi connectivity index (χ1n) is 10.8. The molecule has 0 N–H and O–H groups in total. The van der Waals surface area contributed by atoms with Gasteiger partial charge in [-0.2, -0.15) is 0 Å². The highest BCUT2D eigenvalue weighted by Gasteiger charge is 2.29. The number of amides is 1. The van der Waals surface area contributed by atoms with Crippen LogP contribution in [0.25, 0.3) is 0 Å². The Kier molecular flexibility index (Phi) is 7.96. The lowest BCUT2D eigenvalue weighted by atomic mass is 10.1. The van der Waals surface area contributed by atoms with Gasteiger partial charge in [0.2, 0.25) is 0 Å². The summed E-state index contributed by atoms with van der Waals surface area (Å²) >= 11 is 3.52. The van der Waals surface area contributed by atoms with Gasteiger partial charge in [-0.1, -0.05) is 46.3 Å². The fourth-order valence-corrected chi connectivity index (χ4v) is 4.16. The van der Waals surface area contributed by atoms with Gasteiger partial charge in [-0.3, -0.25) is 4.90 Å². The van der Waals surface area contributed by atoms with Crippen LogP contribution in [0.4, 0.5) is 4.79 Å². The number of piperazine rings is 1. The van der Waals surface area contributed by atoms with E-state index in [4.69, 9.17) is 9.47 Å². The molecule has 0 aromatic heterocycles. The van der Waals surface area contributed by atoms with Crippen LogP contribution in [0.2, 0.25) is 0 Å². The molecule has 1 unspecified atom stereocenters. The second-order valence-corrected chi connectivity index (χ2v) is 10.1. The number of carbonyl (C=O) groups excluding carboxylic acids is 2. The SMILES string of the molecule is CC1CN(C(=O)OC(C)(C)C)CCN1Cc1cc(Br)cc(C(=O)OCc2ccccc2)c1. The normalized spacial score (nSPS) is 17.2. The number of hydrogen-bond acceptors (Lipinski definition) is 5. The first-order chi connectivity index (χ1) is 15.1. The van der Waals surface area contributed by atoms with Crippen molar-refractivity contribution in [2.75, 3.05) is 19.6 Å². The van der Waals surface area contributed by atoms with Gasteiger partial charge in [0, 0.05) is 36.7 Å². The third-order valence-corrected chi connectivity index (χ3v) is 5.67. The van der Waals surface area contributed by atoms with E-state index < -0.39 is 5.60 Å². The fourth-order valence-electron chi connectivity index (χ4n) is 3.62. The molecule has 0 aliphatic carbocycles. The maximum Gasteiger partial charge on any atom is 0.410 e. The van der Waals surface area contributed by atoms with E-state index in [-0.39, 0.29) is 24.7 Å². The molecule has 0 radical (unpaired) electrons. The van der Waals surface area contributed by atoms with Crippen LogP contribution in [0.5, 0.6) is 0 Å². The Morgan fingerprint density at radius 2 is 1.78 bits per heavy atom. The molecule has 1 aliphatic rings. The Bertz CT molecular complexity index is 943. The molecule has 7 heteroatoms. The van der Waals surface area contributed by atoms with Crippen LogP contribution in [0.1, 0.15) is 49.2 Å². The van der Waals surface area contributed by atoms with Gasteiger partial charge in [-0.25, -0.2) is 9.59 Å². The van der Waals surface area contributed by atoms with Crippen molar-refractivity contribution in [2.24, 2.45) is 0 Å². The highest BCUT2D eigenvalue weighted by atomic mass is 79.9. The molecule has 1 saturated heterocycles. The molecule has 3 rings (SSSR count). The molecular formula is C25H31BrN2O4. The van der Waals surface area contributed by atoms with E-state index in [9.17, 15) is 9.59 Å². The molecule has 2 aromatic carbocycles. The molecule has 172 valence electrons. The van der Waals surface area contributed by atoms with Gasteiger partial charge in [0.1, 0.15) is 12.2 Å². The maximum atomic E-state index is 12.6. The predicted octanol–water partition coefficient (Wildman–Crippen LogP) is 5.25. The Labute approximate surface area is 198 Å². The summed E-state index contributed by atoms with van der Waals surface area (Å²) in [6.45, 7) is 10.6. The van der Waals surface area contributed by atoms with Crippen LogP contribution in [0.3, 0.4) is 0 Å². The van der Waals surface area contributed by atoms with Crippen molar-refractivity contribution in [2.45, 2.75) is 52.5 Å². The molecule has 1 aliphatic heterocycles. The number of benzene rings is 2. The summed E-state index contributed by atoms with van der Waals surface area (Å²) < 4.78 is 11.8. The number of carbonyl (C=O) groups is 2. The quantitative estimate of drug-likeness (QED) is 0.522. The number of hydrogen-bond donors (Lipinski definition) is 0. The van der Waals surface area contributed by atoms with Crippen molar-refractivity contribution in [3.05, 3.63) is 69.7 Å². The average Bonchev–Trinajstić information content (AvgIpc) is 2.72. The highest BCUT2D eigenvalue weighted by Crippen LogP contribution is 2.21. The van der Waals surface area contributed by atoms with E-state index in [1.165, 1.54) is 0 Å². The molecule has 1 atom stereocenters. The number of halogens is 1. The van der Waals surface area contributed by atoms with Crippen LogP contribution in [-0.4, -0.2) is 53.1 Å². The van der Waals surface area contributed by atoms with Crippen molar-refractivity contribution in [3.8, 4) is 0 Å². The zero-order valence-electron chi connectivity index (χ0n) is 19.1. The van der Waals surface area contributed by atoms with E-state index >= 15 is 0 Å². The van der Waals surface area contributed by atoms with E-state index in [0.717, 1.165) is 22.1 Å². The number of rotatable bonds is 5. The molecule has 1 heterocycles. The Morgan fingerprint density at radius 3 is 2.44 bits per heavy atom. The topological polar surface area (TPSA) is 59.1 Å². The van der Waals surface area contributed by atoms with Crippen molar-refractivity contribution in [3.63, 3.8) is 0 Å². The minimum absolute atomic E-state index is 0.170. The third kappa shape index (κ3) is 7.07. The summed E-state index contributed by atoms with van der Waals surface area (Å²) in [6.07, 6.45) is -0.269. The summed E-state index contributed by atoms with van der Waals surface area (Å²) in [5.41, 5.74) is 1.99. The van der Waals surface area contributed by atoms with Gasteiger partial charge in [0.25, 0.3) is 0 Å². The van der Waals surface area contributed by atoms with Gasteiger partial charge >= 0.3 is 12.1 Å². The highest BCUT2D eigenvalue weighted by molar-refractivity contribution is 9.10. The predicted molar refractivity (Wildman–Crippen MR) is 127 cm³/mol. The molecule has 32 heavy (non-hydrogen) atoms. The smallest absolute Gasteiger partial charge is 0.410 e. The lowest BCUT2D eigenvalue weighted by Gasteiger charge is -2.40. The van der Waals surface area contributed by atoms with Crippen LogP contribution < -0.4 is 0 Å². The maximum absolute atomic E-state index is 12.6. The van der Waals surface area contributed by atoms with Crippen LogP contribution >= 0.6 is 15.9 Å². The van der Waals surface area contributed by atoms with Crippen molar-refractivity contribution in [1.29, 1.82) is 0 Å². The second-order valence-electron chi connectivity index (χ2n) is 9.16. The zero-order valence-corrected chi connectivity index (χ0v) is 20.7. The first-order valence-corrected chi connectivity index (χ1v) is 11.6. The zero-order chi connectivity index (χ0) is 23.3. The van der Waals surface area contributed by atoms with Crippen molar-refractivity contribution >= 4 is 28.0 Å². The van der Waals surface area contributed by atoms with E-state index in [0.29, 0.717) is 25.2 Å². The molecule has 2 aromatic rings. The summed E-state index contributed by atoms with van der Waals surface area (Å²) in [4.78, 5) is 29.0. The molecule has 6 nitrogen and oxygen atoms in total. The van der Waals surface area contributed by atoms with Crippen molar-refractivity contribution in [1.82, 2.24) is 9.80 Å². The minimum Gasteiger partial charge on any atom is -0.457 e. The average molecular weight is 503 g/mol. The van der Waals surface area contributed by atoms with Crippen LogP contribution in [0.15, 0.2) is 53.0 Å². The largest absolute Gasteiger partial charge is 0.457 e. The van der Waals surface area contributed by atoms with E-state index in [1.54, 1.807) is 11.0 Å². The standard InChI is InChI=1S/C25H31BrN2O4/c1-18-15-28(24(30)32-25(2,3)4)11-10-27(18)16-20-12-21(14-22(26)13-20)23(29)31-17-19-8-6-5-7-9-19/h5-9,12-14,18H,10-11,15-17H2,1-4H3. The molecule has 1 fully saturated rings. The molecule has 0 bridgehead atoms. The Hall–Kier alpha value is -2.38. The molecule has 0 saturated carbocycles. The first kappa shape index (κ1) is 24.3. The van der Waals surface area contributed by atoms with Gasteiger partial charge in [-0.15, -0.1) is 0 Å². The summed E-state index contributed by atoms with van der Waals surface area (Å²) in [7, 11) is 0. The molecule has 0 spiro atoms. The van der Waals surface area contributed by atoms with Crippen LogP contribution in [0, 0.1) is 0 Å².